The van der Waals surface area contributed by atoms with Crippen molar-refractivity contribution in [3.8, 4) is 11.1 Å². The van der Waals surface area contributed by atoms with Gasteiger partial charge in [0, 0.05) is 12.3 Å². The van der Waals surface area contributed by atoms with Crippen LogP contribution >= 0.6 is 0 Å². The SMILES string of the molecule is C=CCCC(NC(=O)CC1(NC(=O)OCC2c3ccccc3-c3ccccc32)CC1)C(=O)O. The number of ether oxygens (including phenoxy) is 1. The van der Waals surface area contributed by atoms with Crippen molar-refractivity contribution in [1.29, 1.82) is 0 Å². The molecule has 1 atom stereocenters. The topological polar surface area (TPSA) is 105 Å². The maximum absolute atomic E-state index is 12.6. The van der Waals surface area contributed by atoms with E-state index in [0.717, 1.165) is 22.3 Å². The predicted molar refractivity (Wildman–Crippen MR) is 124 cm³/mol. The average Bonchev–Trinajstić information content (AvgIpc) is 3.47. The zero-order chi connectivity index (χ0) is 23.4. The van der Waals surface area contributed by atoms with Gasteiger partial charge < -0.3 is 20.5 Å². The Balaban J connectivity index is 1.33. The van der Waals surface area contributed by atoms with Gasteiger partial charge in [-0.05, 0) is 47.9 Å². The fraction of sp³-hybridized carbons (Fsp3) is 0.346. The molecule has 172 valence electrons. The lowest BCUT2D eigenvalue weighted by Crippen LogP contribution is -2.46. The largest absolute Gasteiger partial charge is 0.480 e. The van der Waals surface area contributed by atoms with Crippen molar-refractivity contribution in [3.63, 3.8) is 0 Å². The zero-order valence-electron chi connectivity index (χ0n) is 18.4. The number of hydrogen-bond acceptors (Lipinski definition) is 4. The van der Waals surface area contributed by atoms with E-state index in [1.54, 1.807) is 6.08 Å². The minimum Gasteiger partial charge on any atom is -0.480 e. The number of nitrogens with one attached hydrogen (secondary N) is 2. The normalized spacial score (nSPS) is 16.1. The highest BCUT2D eigenvalue weighted by atomic mass is 16.5. The summed E-state index contributed by atoms with van der Waals surface area (Å²) < 4.78 is 5.58. The minimum absolute atomic E-state index is 0.0229. The molecule has 0 aromatic heterocycles. The fourth-order valence-corrected chi connectivity index (χ4v) is 4.44. The van der Waals surface area contributed by atoms with Gasteiger partial charge in [0.15, 0.2) is 0 Å². The molecule has 2 aromatic carbocycles. The molecule has 7 heteroatoms. The Hall–Kier alpha value is -3.61. The number of fused-ring (bicyclic) bond motifs is 3. The molecule has 7 nitrogen and oxygen atoms in total. The van der Waals surface area contributed by atoms with Crippen molar-refractivity contribution in [2.75, 3.05) is 6.61 Å². The van der Waals surface area contributed by atoms with Crippen molar-refractivity contribution in [1.82, 2.24) is 10.6 Å². The molecular weight excluding hydrogens is 420 g/mol. The number of allylic oxidation sites excluding steroid dienone is 1. The van der Waals surface area contributed by atoms with E-state index in [0.29, 0.717) is 19.3 Å². The molecule has 33 heavy (non-hydrogen) atoms. The van der Waals surface area contributed by atoms with Crippen molar-refractivity contribution in [2.45, 2.75) is 49.6 Å². The number of amides is 2. The van der Waals surface area contributed by atoms with Crippen molar-refractivity contribution >= 4 is 18.0 Å². The highest BCUT2D eigenvalue weighted by Crippen LogP contribution is 2.44. The Morgan fingerprint density at radius 2 is 1.70 bits per heavy atom. The smallest absolute Gasteiger partial charge is 0.407 e. The zero-order valence-corrected chi connectivity index (χ0v) is 18.4. The van der Waals surface area contributed by atoms with Crippen LogP contribution in [0.3, 0.4) is 0 Å². The van der Waals surface area contributed by atoms with Gasteiger partial charge >= 0.3 is 12.1 Å². The quantitative estimate of drug-likeness (QED) is 0.477. The Morgan fingerprint density at radius 3 is 2.24 bits per heavy atom. The van der Waals surface area contributed by atoms with E-state index in [2.05, 4.69) is 41.5 Å². The fourth-order valence-electron chi connectivity index (χ4n) is 4.44. The first-order valence-electron chi connectivity index (χ1n) is 11.2. The van der Waals surface area contributed by atoms with Gasteiger partial charge in [-0.3, -0.25) is 4.79 Å². The van der Waals surface area contributed by atoms with Gasteiger partial charge in [0.25, 0.3) is 0 Å². The first kappa shape index (κ1) is 22.6. The molecule has 3 N–H and O–H groups in total. The monoisotopic (exact) mass is 448 g/mol. The number of carbonyl (C=O) groups excluding carboxylic acids is 2. The van der Waals surface area contributed by atoms with Crippen LogP contribution in [0.25, 0.3) is 11.1 Å². The van der Waals surface area contributed by atoms with Gasteiger partial charge in [-0.15, -0.1) is 6.58 Å². The minimum atomic E-state index is -1.08. The maximum Gasteiger partial charge on any atom is 0.407 e. The Bertz CT molecular complexity index is 1030. The van der Waals surface area contributed by atoms with Gasteiger partial charge in [-0.2, -0.15) is 0 Å². The summed E-state index contributed by atoms with van der Waals surface area (Å²) in [5.41, 5.74) is 3.90. The van der Waals surface area contributed by atoms with Crippen molar-refractivity contribution in [3.05, 3.63) is 72.3 Å². The third-order valence-corrected chi connectivity index (χ3v) is 6.36. The molecular formula is C26H28N2O5. The molecule has 0 heterocycles. The van der Waals surface area contributed by atoms with E-state index in [4.69, 9.17) is 4.74 Å². The summed E-state index contributed by atoms with van der Waals surface area (Å²) in [4.78, 5) is 36.3. The van der Waals surface area contributed by atoms with Crippen LogP contribution in [0.15, 0.2) is 61.2 Å². The molecule has 2 aromatic rings. The van der Waals surface area contributed by atoms with Gasteiger partial charge in [0.05, 0.1) is 5.54 Å². The van der Waals surface area contributed by atoms with Crippen LogP contribution in [0, 0.1) is 0 Å². The van der Waals surface area contributed by atoms with Crippen LogP contribution in [0.4, 0.5) is 4.79 Å². The summed E-state index contributed by atoms with van der Waals surface area (Å²) in [7, 11) is 0. The van der Waals surface area contributed by atoms with Crippen LogP contribution in [-0.4, -0.2) is 41.3 Å². The lowest BCUT2D eigenvalue weighted by atomic mass is 9.98. The van der Waals surface area contributed by atoms with Crippen LogP contribution in [-0.2, 0) is 14.3 Å². The van der Waals surface area contributed by atoms with Crippen LogP contribution in [0.1, 0.15) is 49.1 Å². The van der Waals surface area contributed by atoms with Crippen LogP contribution < -0.4 is 10.6 Å². The van der Waals surface area contributed by atoms with E-state index >= 15 is 0 Å². The van der Waals surface area contributed by atoms with E-state index in [1.807, 2.05) is 24.3 Å². The first-order valence-corrected chi connectivity index (χ1v) is 11.2. The predicted octanol–water partition coefficient (Wildman–Crippen LogP) is 3.98. The molecule has 0 aliphatic heterocycles. The van der Waals surface area contributed by atoms with Gasteiger partial charge in [-0.1, -0.05) is 54.6 Å². The van der Waals surface area contributed by atoms with Crippen LogP contribution in [0.5, 0.6) is 0 Å². The highest BCUT2D eigenvalue weighted by molar-refractivity contribution is 5.85. The average molecular weight is 449 g/mol. The second kappa shape index (κ2) is 9.48. The molecule has 0 saturated heterocycles. The second-order valence-electron chi connectivity index (χ2n) is 8.73. The Kier molecular flexibility index (Phi) is 6.49. The standard InChI is InChI=1S/C26H28N2O5/c1-2-3-12-22(24(30)31)27-23(29)15-26(13-14-26)28-25(32)33-16-21-19-10-6-4-8-17(19)18-9-5-7-11-20(18)21/h2,4-11,21-22H,1,3,12-16H2,(H,27,29)(H,28,32)(H,30,31). The van der Waals surface area contributed by atoms with E-state index in [-0.39, 0.29) is 25.4 Å². The summed E-state index contributed by atoms with van der Waals surface area (Å²) in [6.45, 7) is 3.78. The molecule has 1 saturated carbocycles. The Labute approximate surface area is 192 Å². The lowest BCUT2D eigenvalue weighted by Gasteiger charge is -2.20. The molecule has 4 rings (SSSR count). The van der Waals surface area contributed by atoms with Gasteiger partial charge in [0.1, 0.15) is 12.6 Å². The van der Waals surface area contributed by atoms with Crippen LogP contribution in [0.2, 0.25) is 0 Å². The molecule has 1 unspecified atom stereocenters. The summed E-state index contributed by atoms with van der Waals surface area (Å²) >= 11 is 0. The first-order chi connectivity index (χ1) is 15.9. The number of aliphatic carboxylic acids is 1. The number of alkyl carbamates (subject to hydrolysis) is 1. The lowest BCUT2D eigenvalue weighted by molar-refractivity contribution is -0.142. The maximum atomic E-state index is 12.6. The third kappa shape index (κ3) is 5.08. The van der Waals surface area contributed by atoms with Gasteiger partial charge in [-0.25, -0.2) is 9.59 Å². The number of carboxylic acids is 1. The highest BCUT2D eigenvalue weighted by Gasteiger charge is 2.46. The number of benzene rings is 2. The number of hydrogen-bond donors (Lipinski definition) is 3. The number of carbonyl (C=O) groups is 3. The van der Waals surface area contributed by atoms with Gasteiger partial charge in [0.2, 0.25) is 5.91 Å². The third-order valence-electron chi connectivity index (χ3n) is 6.36. The molecule has 0 bridgehead atoms. The Morgan fingerprint density at radius 1 is 1.09 bits per heavy atom. The van der Waals surface area contributed by atoms with E-state index in [1.165, 1.54) is 0 Å². The molecule has 0 spiro atoms. The second-order valence-corrected chi connectivity index (χ2v) is 8.73. The molecule has 2 aliphatic carbocycles. The molecule has 2 amide bonds. The molecule has 2 aliphatic rings. The number of carboxylic acid groups (broad SMARTS) is 1. The number of rotatable bonds is 10. The molecule has 0 radical (unpaired) electrons. The molecule has 1 fully saturated rings. The summed E-state index contributed by atoms with van der Waals surface area (Å²) in [5.74, 6) is -1.52. The van der Waals surface area contributed by atoms with Crippen molar-refractivity contribution < 1.29 is 24.2 Å². The summed E-state index contributed by atoms with van der Waals surface area (Å²) in [6.07, 6.45) is 3.13. The van der Waals surface area contributed by atoms with E-state index in [9.17, 15) is 19.5 Å². The van der Waals surface area contributed by atoms with E-state index < -0.39 is 29.6 Å². The van der Waals surface area contributed by atoms with Crippen molar-refractivity contribution in [2.24, 2.45) is 0 Å². The summed E-state index contributed by atoms with van der Waals surface area (Å²) in [6, 6.07) is 15.2. The summed E-state index contributed by atoms with van der Waals surface area (Å²) in [5, 5.41) is 14.7.